The topological polar surface area (TPSA) is 77.5 Å². The van der Waals surface area contributed by atoms with Crippen LogP contribution < -0.4 is 4.74 Å². The van der Waals surface area contributed by atoms with Gasteiger partial charge in [0.25, 0.3) is 0 Å². The van der Waals surface area contributed by atoms with Gasteiger partial charge in [-0.05, 0) is 64.1 Å². The molecule has 6 nitrogen and oxygen atoms in total. The Hall–Kier alpha value is -3.61. The first-order chi connectivity index (χ1) is 14.7. The van der Waals surface area contributed by atoms with Crippen LogP contribution in [-0.2, 0) is 7.05 Å². The molecular formula is C24H23FN2O4. The van der Waals surface area contributed by atoms with Gasteiger partial charge in [-0.15, -0.1) is 0 Å². The average molecular weight is 422 g/mol. The molecule has 2 aromatic carbocycles. The number of aromatic carboxylic acids is 1. The molecule has 1 N–H and O–H groups in total. The summed E-state index contributed by atoms with van der Waals surface area (Å²) >= 11 is 0. The number of furan rings is 1. The van der Waals surface area contributed by atoms with Gasteiger partial charge in [0.1, 0.15) is 28.5 Å². The van der Waals surface area contributed by atoms with E-state index in [9.17, 15) is 14.3 Å². The van der Waals surface area contributed by atoms with Crippen molar-refractivity contribution in [1.82, 2.24) is 9.78 Å². The second-order valence-corrected chi connectivity index (χ2v) is 7.80. The van der Waals surface area contributed by atoms with E-state index in [0.29, 0.717) is 22.3 Å². The van der Waals surface area contributed by atoms with Crippen molar-refractivity contribution in [1.29, 1.82) is 0 Å². The standard InChI is InChI=1S/C24H23FN2O4/c1-12(2)30-19-11-18-20(10-17(19)21-13(3)26-27(5)14(21)4)31-23(22(18)24(28)29)15-6-8-16(25)9-7-15/h6-12H,1-5H3,(H,28,29). The van der Waals surface area contributed by atoms with E-state index in [1.54, 1.807) is 16.8 Å². The number of hydrogen-bond acceptors (Lipinski definition) is 4. The van der Waals surface area contributed by atoms with Crippen molar-refractivity contribution in [3.05, 3.63) is 59.2 Å². The Morgan fingerprint density at radius 3 is 2.42 bits per heavy atom. The van der Waals surface area contributed by atoms with Gasteiger partial charge in [-0.25, -0.2) is 9.18 Å². The van der Waals surface area contributed by atoms with Crippen LogP contribution in [0.5, 0.6) is 5.75 Å². The van der Waals surface area contributed by atoms with Crippen LogP contribution in [0, 0.1) is 19.7 Å². The van der Waals surface area contributed by atoms with E-state index >= 15 is 0 Å². The van der Waals surface area contributed by atoms with Gasteiger partial charge in [0, 0.05) is 34.8 Å². The van der Waals surface area contributed by atoms with Gasteiger partial charge in [0.2, 0.25) is 0 Å². The number of aromatic nitrogens is 2. The van der Waals surface area contributed by atoms with Crippen molar-refractivity contribution >= 4 is 16.9 Å². The zero-order valence-corrected chi connectivity index (χ0v) is 18.0. The van der Waals surface area contributed by atoms with Gasteiger partial charge in [0.15, 0.2) is 0 Å². The fraction of sp³-hybridized carbons (Fsp3) is 0.250. The number of fused-ring (bicyclic) bond motifs is 1. The van der Waals surface area contributed by atoms with E-state index in [2.05, 4.69) is 5.10 Å². The van der Waals surface area contributed by atoms with E-state index in [1.807, 2.05) is 34.7 Å². The van der Waals surface area contributed by atoms with E-state index in [-0.39, 0.29) is 17.4 Å². The van der Waals surface area contributed by atoms with Crippen LogP contribution in [0.4, 0.5) is 4.39 Å². The number of carboxylic acids is 1. The lowest BCUT2D eigenvalue weighted by atomic mass is 9.99. The number of halogens is 1. The maximum Gasteiger partial charge on any atom is 0.340 e. The fourth-order valence-electron chi connectivity index (χ4n) is 3.85. The highest BCUT2D eigenvalue weighted by Crippen LogP contribution is 2.42. The first-order valence-corrected chi connectivity index (χ1v) is 9.94. The highest BCUT2D eigenvalue weighted by molar-refractivity contribution is 6.09. The number of aryl methyl sites for hydroxylation is 2. The quantitative estimate of drug-likeness (QED) is 0.444. The molecule has 0 saturated carbocycles. The van der Waals surface area contributed by atoms with Crippen LogP contribution in [0.15, 0.2) is 40.8 Å². The van der Waals surface area contributed by atoms with E-state index < -0.39 is 11.8 Å². The third kappa shape index (κ3) is 3.56. The Bertz CT molecular complexity index is 1300. The van der Waals surface area contributed by atoms with Crippen LogP contribution in [-0.4, -0.2) is 27.0 Å². The maximum atomic E-state index is 13.4. The summed E-state index contributed by atoms with van der Waals surface area (Å²) in [6.45, 7) is 7.70. The molecule has 0 aliphatic rings. The summed E-state index contributed by atoms with van der Waals surface area (Å²) < 4.78 is 27.3. The van der Waals surface area contributed by atoms with E-state index in [1.165, 1.54) is 24.3 Å². The summed E-state index contributed by atoms with van der Waals surface area (Å²) in [6.07, 6.45) is -0.120. The molecule has 0 saturated heterocycles. The molecule has 2 aromatic heterocycles. The number of carbonyl (C=O) groups is 1. The Morgan fingerprint density at radius 2 is 1.87 bits per heavy atom. The minimum Gasteiger partial charge on any atom is -0.490 e. The molecule has 0 atom stereocenters. The van der Waals surface area contributed by atoms with Crippen molar-refractivity contribution in [3.63, 3.8) is 0 Å². The molecule has 0 bridgehead atoms. The molecule has 0 radical (unpaired) electrons. The molecule has 0 aliphatic heterocycles. The van der Waals surface area contributed by atoms with Crippen LogP contribution >= 0.6 is 0 Å². The largest absolute Gasteiger partial charge is 0.490 e. The lowest BCUT2D eigenvalue weighted by molar-refractivity contribution is 0.0699. The van der Waals surface area contributed by atoms with Crippen molar-refractivity contribution in [2.45, 2.75) is 33.8 Å². The summed E-state index contributed by atoms with van der Waals surface area (Å²) in [6, 6.07) is 9.05. The predicted molar refractivity (Wildman–Crippen MR) is 116 cm³/mol. The average Bonchev–Trinajstić information content (AvgIpc) is 3.18. The predicted octanol–water partition coefficient (Wildman–Crippen LogP) is 5.74. The molecule has 4 rings (SSSR count). The molecule has 31 heavy (non-hydrogen) atoms. The number of ether oxygens (including phenoxy) is 1. The lowest BCUT2D eigenvalue weighted by Gasteiger charge is -2.15. The second kappa shape index (κ2) is 7.58. The van der Waals surface area contributed by atoms with Crippen LogP contribution in [0.2, 0.25) is 0 Å². The van der Waals surface area contributed by atoms with Crippen molar-refractivity contribution in [2.24, 2.45) is 7.05 Å². The van der Waals surface area contributed by atoms with Crippen LogP contribution in [0.25, 0.3) is 33.4 Å². The summed E-state index contributed by atoms with van der Waals surface area (Å²) in [5, 5.41) is 14.8. The van der Waals surface area contributed by atoms with Crippen LogP contribution in [0.3, 0.4) is 0 Å². The van der Waals surface area contributed by atoms with Gasteiger partial charge in [-0.1, -0.05) is 0 Å². The van der Waals surface area contributed by atoms with Gasteiger partial charge < -0.3 is 14.3 Å². The Labute approximate surface area is 178 Å². The number of benzene rings is 2. The molecule has 0 amide bonds. The third-order valence-electron chi connectivity index (χ3n) is 5.25. The van der Waals surface area contributed by atoms with Gasteiger partial charge in [-0.3, -0.25) is 4.68 Å². The number of hydrogen-bond donors (Lipinski definition) is 1. The maximum absolute atomic E-state index is 13.4. The van der Waals surface area contributed by atoms with Crippen molar-refractivity contribution < 1.29 is 23.4 Å². The van der Waals surface area contributed by atoms with Crippen LogP contribution in [0.1, 0.15) is 35.6 Å². The minimum absolute atomic E-state index is 0.0152. The molecular weight excluding hydrogens is 399 g/mol. The highest BCUT2D eigenvalue weighted by atomic mass is 19.1. The molecule has 0 unspecified atom stereocenters. The molecule has 7 heteroatoms. The summed E-state index contributed by atoms with van der Waals surface area (Å²) in [4.78, 5) is 12.1. The van der Waals surface area contributed by atoms with E-state index in [4.69, 9.17) is 9.15 Å². The molecule has 0 aliphatic carbocycles. The summed E-state index contributed by atoms with van der Waals surface area (Å²) in [5.41, 5.74) is 4.38. The normalized spacial score (nSPS) is 11.5. The van der Waals surface area contributed by atoms with Crippen molar-refractivity contribution in [3.8, 4) is 28.2 Å². The molecule has 0 fully saturated rings. The zero-order chi connectivity index (χ0) is 22.4. The van der Waals surface area contributed by atoms with Gasteiger partial charge >= 0.3 is 5.97 Å². The van der Waals surface area contributed by atoms with Gasteiger partial charge in [-0.2, -0.15) is 5.10 Å². The highest BCUT2D eigenvalue weighted by Gasteiger charge is 2.26. The fourth-order valence-corrected chi connectivity index (χ4v) is 3.85. The first kappa shape index (κ1) is 20.7. The monoisotopic (exact) mass is 422 g/mol. The number of nitrogens with zero attached hydrogens (tertiary/aromatic N) is 2. The van der Waals surface area contributed by atoms with Gasteiger partial charge in [0.05, 0.1) is 11.8 Å². The molecule has 4 aromatic rings. The summed E-state index contributed by atoms with van der Waals surface area (Å²) in [7, 11) is 1.87. The minimum atomic E-state index is -1.13. The first-order valence-electron chi connectivity index (χ1n) is 9.94. The molecule has 160 valence electrons. The third-order valence-corrected chi connectivity index (χ3v) is 5.25. The summed E-state index contributed by atoms with van der Waals surface area (Å²) in [5.74, 6) is -0.810. The SMILES string of the molecule is Cc1nn(C)c(C)c1-c1cc2oc(-c3ccc(F)cc3)c(C(=O)O)c2cc1OC(C)C. The van der Waals surface area contributed by atoms with E-state index in [0.717, 1.165) is 22.5 Å². The lowest BCUT2D eigenvalue weighted by Crippen LogP contribution is -2.07. The zero-order valence-electron chi connectivity index (χ0n) is 18.0. The second-order valence-electron chi connectivity index (χ2n) is 7.80. The molecule has 2 heterocycles. The van der Waals surface area contributed by atoms with Crippen molar-refractivity contribution in [2.75, 3.05) is 0 Å². The Balaban J connectivity index is 2.04. The number of rotatable bonds is 5. The Morgan fingerprint density at radius 1 is 1.19 bits per heavy atom. The Kier molecular flexibility index (Phi) is 5.05. The smallest absolute Gasteiger partial charge is 0.340 e. The number of carboxylic acid groups (broad SMARTS) is 1. The molecule has 0 spiro atoms.